The van der Waals surface area contributed by atoms with Crippen LogP contribution in [0.3, 0.4) is 0 Å². The van der Waals surface area contributed by atoms with Gasteiger partial charge in [-0.3, -0.25) is 5.01 Å². The Kier molecular flexibility index (Phi) is 5.55. The van der Waals surface area contributed by atoms with Crippen LogP contribution < -0.4 is 4.90 Å². The second-order valence-corrected chi connectivity index (χ2v) is 8.13. The predicted molar refractivity (Wildman–Crippen MR) is 116 cm³/mol. The standard InChI is InChI=1S/C23H24BrN3/c1-18(19-9-11-22(24)12-10-19)25-27-15-13-26(14-16-27)17-21-7-4-6-20-5-2-3-8-23(20)21/h2-12H,13-17H2,1H3/p+1/b25-18-. The first-order valence-electron chi connectivity index (χ1n) is 9.55. The van der Waals surface area contributed by atoms with Crippen LogP contribution in [0.4, 0.5) is 0 Å². The van der Waals surface area contributed by atoms with Gasteiger partial charge in [0.1, 0.15) is 6.54 Å². The number of hydrazone groups is 1. The summed E-state index contributed by atoms with van der Waals surface area (Å²) >= 11 is 3.49. The molecule has 0 atom stereocenters. The molecular formula is C23H25BrN3+. The van der Waals surface area contributed by atoms with Gasteiger partial charge in [-0.15, -0.1) is 0 Å². The van der Waals surface area contributed by atoms with Gasteiger partial charge in [-0.2, -0.15) is 5.10 Å². The van der Waals surface area contributed by atoms with Crippen molar-refractivity contribution >= 4 is 32.4 Å². The minimum absolute atomic E-state index is 1.01. The fourth-order valence-electron chi connectivity index (χ4n) is 3.76. The summed E-state index contributed by atoms with van der Waals surface area (Å²) in [4.78, 5) is 1.64. The number of nitrogens with zero attached hydrogens (tertiary/aromatic N) is 2. The molecule has 0 saturated carbocycles. The average Bonchev–Trinajstić information content (AvgIpc) is 2.70. The highest BCUT2D eigenvalue weighted by Gasteiger charge is 2.20. The van der Waals surface area contributed by atoms with Crippen LogP contribution in [-0.4, -0.2) is 36.9 Å². The number of rotatable bonds is 4. The minimum Gasteiger partial charge on any atom is -0.328 e. The van der Waals surface area contributed by atoms with E-state index in [1.54, 1.807) is 4.90 Å². The van der Waals surface area contributed by atoms with Crippen molar-refractivity contribution in [3.8, 4) is 0 Å². The van der Waals surface area contributed by atoms with Crippen LogP contribution in [0.5, 0.6) is 0 Å². The average molecular weight is 423 g/mol. The van der Waals surface area contributed by atoms with Crippen molar-refractivity contribution in [3.63, 3.8) is 0 Å². The lowest BCUT2D eigenvalue weighted by molar-refractivity contribution is -0.918. The number of benzene rings is 3. The Bertz CT molecular complexity index is 936. The molecule has 0 radical (unpaired) electrons. The van der Waals surface area contributed by atoms with Crippen LogP contribution in [-0.2, 0) is 6.54 Å². The lowest BCUT2D eigenvalue weighted by Crippen LogP contribution is -3.13. The third-order valence-corrected chi connectivity index (χ3v) is 5.85. The van der Waals surface area contributed by atoms with Crippen molar-refractivity contribution < 1.29 is 4.90 Å². The molecule has 138 valence electrons. The van der Waals surface area contributed by atoms with Gasteiger partial charge in [-0.05, 0) is 35.4 Å². The lowest BCUT2D eigenvalue weighted by Gasteiger charge is -2.31. The Hall–Kier alpha value is -2.17. The third-order valence-electron chi connectivity index (χ3n) is 5.32. The molecule has 3 aromatic carbocycles. The molecule has 1 aliphatic rings. The van der Waals surface area contributed by atoms with Gasteiger partial charge >= 0.3 is 0 Å². The highest BCUT2D eigenvalue weighted by molar-refractivity contribution is 9.10. The highest BCUT2D eigenvalue weighted by atomic mass is 79.9. The zero-order chi connectivity index (χ0) is 18.6. The number of halogens is 1. The van der Waals surface area contributed by atoms with Crippen molar-refractivity contribution in [3.05, 3.63) is 82.3 Å². The van der Waals surface area contributed by atoms with Gasteiger partial charge in [0.15, 0.2) is 0 Å². The molecule has 0 aliphatic carbocycles. The monoisotopic (exact) mass is 422 g/mol. The summed E-state index contributed by atoms with van der Waals surface area (Å²) in [6.45, 7) is 7.45. The molecule has 1 fully saturated rings. The zero-order valence-electron chi connectivity index (χ0n) is 15.7. The van der Waals surface area contributed by atoms with E-state index in [2.05, 4.69) is 94.6 Å². The van der Waals surface area contributed by atoms with E-state index in [9.17, 15) is 0 Å². The van der Waals surface area contributed by atoms with E-state index < -0.39 is 0 Å². The molecule has 0 aromatic heterocycles. The maximum absolute atomic E-state index is 4.85. The molecule has 0 amide bonds. The number of piperazine rings is 1. The first-order chi connectivity index (χ1) is 13.2. The van der Waals surface area contributed by atoms with Crippen LogP contribution in [0, 0.1) is 0 Å². The summed E-state index contributed by atoms with van der Waals surface area (Å²) in [7, 11) is 0. The van der Waals surface area contributed by atoms with Gasteiger partial charge in [-0.1, -0.05) is 70.5 Å². The Morgan fingerprint density at radius 2 is 1.67 bits per heavy atom. The summed E-state index contributed by atoms with van der Waals surface area (Å²) in [5.74, 6) is 0. The molecule has 0 spiro atoms. The Morgan fingerprint density at radius 1 is 0.963 bits per heavy atom. The second-order valence-electron chi connectivity index (χ2n) is 7.21. The maximum Gasteiger partial charge on any atom is 0.104 e. The van der Waals surface area contributed by atoms with E-state index in [1.807, 2.05) is 0 Å². The molecule has 0 bridgehead atoms. The molecular weight excluding hydrogens is 398 g/mol. The summed E-state index contributed by atoms with van der Waals surface area (Å²) in [6, 6.07) is 23.7. The van der Waals surface area contributed by atoms with Crippen LogP contribution in [0.15, 0.2) is 76.3 Å². The number of hydrogen-bond donors (Lipinski definition) is 1. The van der Waals surface area contributed by atoms with Gasteiger partial charge in [-0.25, -0.2) is 0 Å². The molecule has 3 nitrogen and oxygen atoms in total. The summed E-state index contributed by atoms with van der Waals surface area (Å²) in [5, 5.41) is 9.80. The van der Waals surface area contributed by atoms with Gasteiger partial charge in [0.25, 0.3) is 0 Å². The van der Waals surface area contributed by atoms with E-state index >= 15 is 0 Å². The molecule has 4 heteroatoms. The number of nitrogens with one attached hydrogen (secondary N) is 1. The van der Waals surface area contributed by atoms with Crippen LogP contribution >= 0.6 is 15.9 Å². The fourth-order valence-corrected chi connectivity index (χ4v) is 4.03. The predicted octanol–water partition coefficient (Wildman–Crippen LogP) is 3.73. The van der Waals surface area contributed by atoms with Crippen molar-refractivity contribution in [1.29, 1.82) is 0 Å². The maximum atomic E-state index is 4.85. The first kappa shape index (κ1) is 18.2. The normalized spacial score (nSPS) is 16.1. The van der Waals surface area contributed by atoms with Gasteiger partial charge in [0.2, 0.25) is 0 Å². The van der Waals surface area contributed by atoms with Crippen LogP contribution in [0.2, 0.25) is 0 Å². The molecule has 1 heterocycles. The summed E-state index contributed by atoms with van der Waals surface area (Å²) < 4.78 is 1.10. The molecule has 27 heavy (non-hydrogen) atoms. The molecule has 4 rings (SSSR count). The Balaban J connectivity index is 1.39. The SMILES string of the molecule is C/C(=N/N1CC[NH+](Cc2cccc3ccccc23)CC1)c1ccc(Br)cc1. The largest absolute Gasteiger partial charge is 0.328 e. The molecule has 1 saturated heterocycles. The quantitative estimate of drug-likeness (QED) is 0.635. The summed E-state index contributed by atoms with van der Waals surface area (Å²) in [5.41, 5.74) is 3.72. The molecule has 1 N–H and O–H groups in total. The van der Waals surface area contributed by atoms with E-state index in [-0.39, 0.29) is 0 Å². The number of hydrogen-bond acceptors (Lipinski definition) is 2. The Labute approximate surface area is 169 Å². The van der Waals surface area contributed by atoms with Crippen LogP contribution in [0.1, 0.15) is 18.1 Å². The van der Waals surface area contributed by atoms with Crippen molar-refractivity contribution in [2.24, 2.45) is 5.10 Å². The van der Waals surface area contributed by atoms with Crippen molar-refractivity contribution in [2.75, 3.05) is 26.2 Å². The van der Waals surface area contributed by atoms with Crippen LogP contribution in [0.25, 0.3) is 10.8 Å². The zero-order valence-corrected chi connectivity index (χ0v) is 17.2. The highest BCUT2D eigenvalue weighted by Crippen LogP contribution is 2.17. The topological polar surface area (TPSA) is 20.0 Å². The first-order valence-corrected chi connectivity index (χ1v) is 10.3. The molecule has 1 aliphatic heterocycles. The number of fused-ring (bicyclic) bond motifs is 1. The number of quaternary nitrogens is 1. The van der Waals surface area contributed by atoms with E-state index in [1.165, 1.54) is 21.9 Å². The lowest BCUT2D eigenvalue weighted by atomic mass is 10.0. The van der Waals surface area contributed by atoms with Crippen molar-refractivity contribution in [2.45, 2.75) is 13.5 Å². The Morgan fingerprint density at radius 3 is 2.44 bits per heavy atom. The minimum atomic E-state index is 1.01. The van der Waals surface area contributed by atoms with E-state index in [0.717, 1.165) is 42.9 Å². The van der Waals surface area contributed by atoms with Gasteiger partial charge < -0.3 is 4.90 Å². The smallest absolute Gasteiger partial charge is 0.104 e. The van der Waals surface area contributed by atoms with Crippen molar-refractivity contribution in [1.82, 2.24) is 5.01 Å². The van der Waals surface area contributed by atoms with Gasteiger partial charge in [0.05, 0.1) is 31.9 Å². The molecule has 0 unspecified atom stereocenters. The van der Waals surface area contributed by atoms with E-state index in [0.29, 0.717) is 0 Å². The molecule has 3 aromatic rings. The fraction of sp³-hybridized carbons (Fsp3) is 0.261. The van der Waals surface area contributed by atoms with E-state index in [4.69, 9.17) is 5.10 Å². The van der Waals surface area contributed by atoms with Gasteiger partial charge in [0, 0.05) is 10.0 Å². The summed E-state index contributed by atoms with van der Waals surface area (Å²) in [6.07, 6.45) is 0. The third kappa shape index (κ3) is 4.40. The second kappa shape index (κ2) is 8.24.